The Morgan fingerprint density at radius 3 is 2.58 bits per heavy atom. The number of anilines is 1. The molecule has 1 aromatic carbocycles. The lowest BCUT2D eigenvalue weighted by Gasteiger charge is -2.13. The molecule has 0 spiro atoms. The summed E-state index contributed by atoms with van der Waals surface area (Å²) in [6.07, 6.45) is 1.74. The van der Waals surface area contributed by atoms with E-state index >= 15 is 0 Å². The summed E-state index contributed by atoms with van der Waals surface area (Å²) < 4.78 is 11.1. The van der Waals surface area contributed by atoms with Crippen molar-refractivity contribution in [3.05, 3.63) is 36.2 Å². The Kier molecular flexibility index (Phi) is 4.66. The maximum Gasteiger partial charge on any atom is 0.163 e. The van der Waals surface area contributed by atoms with E-state index in [2.05, 4.69) is 15.5 Å². The third kappa shape index (κ3) is 3.64. The van der Waals surface area contributed by atoms with Gasteiger partial charge in [0.05, 0.1) is 25.5 Å². The Labute approximate surface area is 112 Å². The van der Waals surface area contributed by atoms with Crippen molar-refractivity contribution >= 4 is 5.69 Å². The van der Waals surface area contributed by atoms with Gasteiger partial charge in [-0.1, -0.05) is 0 Å². The molecule has 102 valence electrons. The van der Waals surface area contributed by atoms with E-state index in [-0.39, 0.29) is 0 Å². The molecule has 0 atom stereocenters. The first-order chi connectivity index (χ1) is 9.33. The first-order valence-corrected chi connectivity index (χ1v) is 6.45. The van der Waals surface area contributed by atoms with Crippen LogP contribution in [0.5, 0.6) is 11.5 Å². The van der Waals surface area contributed by atoms with Gasteiger partial charge in [-0.05, 0) is 32.0 Å². The number of benzene rings is 1. The maximum atomic E-state index is 5.58. The highest BCUT2D eigenvalue weighted by Crippen LogP contribution is 2.30. The zero-order chi connectivity index (χ0) is 13.5. The van der Waals surface area contributed by atoms with E-state index in [1.165, 1.54) is 0 Å². The van der Waals surface area contributed by atoms with E-state index in [1.807, 2.05) is 38.1 Å². The monoisotopic (exact) mass is 261 g/mol. The van der Waals surface area contributed by atoms with Crippen LogP contribution in [0.15, 0.2) is 30.5 Å². The highest BCUT2D eigenvalue weighted by Gasteiger charge is 2.06. The van der Waals surface area contributed by atoms with Gasteiger partial charge in [0.25, 0.3) is 0 Å². The van der Waals surface area contributed by atoms with Crippen molar-refractivity contribution in [2.75, 3.05) is 18.5 Å². The summed E-state index contributed by atoms with van der Waals surface area (Å²) >= 11 is 0. The van der Waals surface area contributed by atoms with Crippen LogP contribution >= 0.6 is 0 Å². The Morgan fingerprint density at radius 1 is 1.11 bits per heavy atom. The van der Waals surface area contributed by atoms with Crippen LogP contribution in [-0.2, 0) is 6.54 Å². The van der Waals surface area contributed by atoms with Gasteiger partial charge in [-0.15, -0.1) is 0 Å². The second-order valence-electron chi connectivity index (χ2n) is 3.96. The van der Waals surface area contributed by atoms with Crippen LogP contribution in [0.25, 0.3) is 0 Å². The number of nitrogens with zero attached hydrogens (tertiary/aromatic N) is 1. The Hall–Kier alpha value is -2.17. The van der Waals surface area contributed by atoms with Gasteiger partial charge in [-0.3, -0.25) is 5.10 Å². The third-order valence-electron chi connectivity index (χ3n) is 2.58. The SMILES string of the molecule is CCOc1ccc(NCc2ccn[nH]2)cc1OCC. The zero-order valence-electron chi connectivity index (χ0n) is 11.3. The number of hydrogen-bond donors (Lipinski definition) is 2. The highest BCUT2D eigenvalue weighted by atomic mass is 16.5. The van der Waals surface area contributed by atoms with E-state index in [4.69, 9.17) is 9.47 Å². The number of ether oxygens (including phenoxy) is 2. The standard InChI is InChI=1S/C14H19N3O2/c1-3-18-13-6-5-11(9-14(13)19-4-2)15-10-12-7-8-16-17-12/h5-9,15H,3-4,10H2,1-2H3,(H,16,17). The number of rotatable bonds is 7. The molecular formula is C14H19N3O2. The minimum Gasteiger partial charge on any atom is -0.490 e. The molecule has 1 aromatic heterocycles. The third-order valence-corrected chi connectivity index (χ3v) is 2.58. The van der Waals surface area contributed by atoms with Gasteiger partial charge in [0, 0.05) is 18.0 Å². The number of aromatic nitrogens is 2. The first kappa shape index (κ1) is 13.3. The summed E-state index contributed by atoms with van der Waals surface area (Å²) in [5, 5.41) is 10.1. The predicted molar refractivity (Wildman–Crippen MR) is 74.7 cm³/mol. The summed E-state index contributed by atoms with van der Waals surface area (Å²) in [7, 11) is 0. The van der Waals surface area contributed by atoms with E-state index in [0.29, 0.717) is 19.8 Å². The molecule has 5 heteroatoms. The molecule has 0 fully saturated rings. The van der Waals surface area contributed by atoms with Crippen LogP contribution in [0.2, 0.25) is 0 Å². The van der Waals surface area contributed by atoms with Crippen molar-refractivity contribution in [3.63, 3.8) is 0 Å². The number of nitrogens with one attached hydrogen (secondary N) is 2. The van der Waals surface area contributed by atoms with Crippen LogP contribution in [0.3, 0.4) is 0 Å². The predicted octanol–water partition coefficient (Wildman–Crippen LogP) is 2.82. The maximum absolute atomic E-state index is 5.58. The average Bonchev–Trinajstić information content (AvgIpc) is 2.93. The molecular weight excluding hydrogens is 242 g/mol. The molecule has 0 saturated carbocycles. The van der Waals surface area contributed by atoms with Crippen LogP contribution in [0.4, 0.5) is 5.69 Å². The fourth-order valence-electron chi connectivity index (χ4n) is 1.74. The molecule has 19 heavy (non-hydrogen) atoms. The van der Waals surface area contributed by atoms with Crippen molar-refractivity contribution in [1.29, 1.82) is 0 Å². The summed E-state index contributed by atoms with van der Waals surface area (Å²) in [6, 6.07) is 7.78. The smallest absolute Gasteiger partial charge is 0.163 e. The molecule has 5 nitrogen and oxygen atoms in total. The lowest BCUT2D eigenvalue weighted by Crippen LogP contribution is -2.02. The average molecular weight is 261 g/mol. The van der Waals surface area contributed by atoms with Gasteiger partial charge in [-0.25, -0.2) is 0 Å². The quantitative estimate of drug-likeness (QED) is 0.804. The van der Waals surface area contributed by atoms with Crippen LogP contribution < -0.4 is 14.8 Å². The Bertz CT molecular complexity index is 497. The van der Waals surface area contributed by atoms with Crippen molar-refractivity contribution < 1.29 is 9.47 Å². The molecule has 1 heterocycles. The molecule has 0 aliphatic heterocycles. The van der Waals surface area contributed by atoms with Crippen LogP contribution in [0.1, 0.15) is 19.5 Å². The number of aromatic amines is 1. The minimum absolute atomic E-state index is 0.615. The summed E-state index contributed by atoms with van der Waals surface area (Å²) in [5.41, 5.74) is 2.02. The highest BCUT2D eigenvalue weighted by molar-refractivity contribution is 5.54. The summed E-state index contributed by atoms with van der Waals surface area (Å²) in [5.74, 6) is 1.54. The van der Waals surface area contributed by atoms with Gasteiger partial charge in [0.2, 0.25) is 0 Å². The van der Waals surface area contributed by atoms with Crippen LogP contribution in [-0.4, -0.2) is 23.4 Å². The van der Waals surface area contributed by atoms with E-state index in [1.54, 1.807) is 6.20 Å². The topological polar surface area (TPSA) is 59.2 Å². The molecule has 2 rings (SSSR count). The van der Waals surface area contributed by atoms with E-state index in [0.717, 1.165) is 22.9 Å². The van der Waals surface area contributed by atoms with Gasteiger partial charge in [0.15, 0.2) is 11.5 Å². The van der Waals surface area contributed by atoms with Gasteiger partial charge < -0.3 is 14.8 Å². The first-order valence-electron chi connectivity index (χ1n) is 6.45. The van der Waals surface area contributed by atoms with E-state index < -0.39 is 0 Å². The molecule has 0 bridgehead atoms. The number of hydrogen-bond acceptors (Lipinski definition) is 4. The second-order valence-corrected chi connectivity index (χ2v) is 3.96. The zero-order valence-corrected chi connectivity index (χ0v) is 11.3. The Balaban J connectivity index is 2.06. The fourth-order valence-corrected chi connectivity index (χ4v) is 1.74. The molecule has 0 aliphatic carbocycles. The molecule has 2 N–H and O–H groups in total. The molecule has 0 saturated heterocycles. The normalized spacial score (nSPS) is 10.2. The fraction of sp³-hybridized carbons (Fsp3) is 0.357. The van der Waals surface area contributed by atoms with Gasteiger partial charge in [0.1, 0.15) is 0 Å². The van der Waals surface area contributed by atoms with Crippen molar-refractivity contribution in [1.82, 2.24) is 10.2 Å². The molecule has 0 radical (unpaired) electrons. The van der Waals surface area contributed by atoms with Crippen LogP contribution in [0, 0.1) is 0 Å². The van der Waals surface area contributed by atoms with Crippen molar-refractivity contribution in [3.8, 4) is 11.5 Å². The molecule has 0 aliphatic rings. The Morgan fingerprint density at radius 2 is 1.89 bits per heavy atom. The number of H-pyrrole nitrogens is 1. The van der Waals surface area contributed by atoms with E-state index in [9.17, 15) is 0 Å². The minimum atomic E-state index is 0.615. The van der Waals surface area contributed by atoms with Crippen molar-refractivity contribution in [2.24, 2.45) is 0 Å². The molecule has 2 aromatic rings. The summed E-state index contributed by atoms with van der Waals surface area (Å²) in [6.45, 7) is 5.85. The van der Waals surface area contributed by atoms with Gasteiger partial charge in [-0.2, -0.15) is 5.10 Å². The lowest BCUT2D eigenvalue weighted by atomic mass is 10.2. The molecule has 0 unspecified atom stereocenters. The largest absolute Gasteiger partial charge is 0.490 e. The molecule has 0 amide bonds. The van der Waals surface area contributed by atoms with Crippen molar-refractivity contribution in [2.45, 2.75) is 20.4 Å². The van der Waals surface area contributed by atoms with Gasteiger partial charge >= 0.3 is 0 Å². The summed E-state index contributed by atoms with van der Waals surface area (Å²) in [4.78, 5) is 0. The lowest BCUT2D eigenvalue weighted by molar-refractivity contribution is 0.288. The second kappa shape index (κ2) is 6.68.